The lowest BCUT2D eigenvalue weighted by molar-refractivity contribution is -0.134. The number of ether oxygens (including phenoxy) is 1. The van der Waals surface area contributed by atoms with E-state index in [4.69, 9.17) is 4.43 Å². The van der Waals surface area contributed by atoms with Gasteiger partial charge >= 0.3 is 5.97 Å². The molecule has 4 heteroatoms. The summed E-state index contributed by atoms with van der Waals surface area (Å²) in [4.78, 5) is 10.9. The van der Waals surface area contributed by atoms with E-state index in [1.54, 1.807) is 0 Å². The van der Waals surface area contributed by atoms with Crippen LogP contribution in [0.4, 0.5) is 0 Å². The van der Waals surface area contributed by atoms with Crippen LogP contribution in [0.25, 0.3) is 0 Å². The van der Waals surface area contributed by atoms with Gasteiger partial charge in [-0.3, -0.25) is 0 Å². The summed E-state index contributed by atoms with van der Waals surface area (Å²) < 4.78 is 10.6. The molecular formula is C14H24O3Si. The normalized spacial score (nSPS) is 20.7. The van der Waals surface area contributed by atoms with E-state index in [2.05, 4.69) is 30.5 Å². The van der Waals surface area contributed by atoms with Crippen molar-refractivity contribution in [1.29, 1.82) is 0 Å². The fourth-order valence-electron chi connectivity index (χ4n) is 1.99. The molecule has 1 rings (SSSR count). The third kappa shape index (κ3) is 6.05. The first kappa shape index (κ1) is 15.0. The van der Waals surface area contributed by atoms with E-state index in [9.17, 15) is 4.79 Å². The standard InChI is InChI=1S/C14H24O3Si/c1-16-14(15)7-5-6-12-8-10-13(11-9-12)17-18(2,3)4/h5,7,10,12H,6,8-9,11H2,1-4H3/b7-5+. The summed E-state index contributed by atoms with van der Waals surface area (Å²) in [6, 6.07) is 0. The van der Waals surface area contributed by atoms with E-state index in [1.807, 2.05) is 6.08 Å². The molecule has 18 heavy (non-hydrogen) atoms. The largest absolute Gasteiger partial charge is 0.548 e. The molecular weight excluding hydrogens is 244 g/mol. The summed E-state index contributed by atoms with van der Waals surface area (Å²) >= 11 is 0. The zero-order chi connectivity index (χ0) is 13.6. The van der Waals surface area contributed by atoms with E-state index >= 15 is 0 Å². The lowest BCUT2D eigenvalue weighted by atomic mass is 9.90. The molecule has 0 heterocycles. The summed E-state index contributed by atoms with van der Waals surface area (Å²) in [5, 5.41) is 0. The van der Waals surface area contributed by atoms with Crippen LogP contribution in [0.15, 0.2) is 24.0 Å². The second-order valence-corrected chi connectivity index (χ2v) is 10.1. The van der Waals surface area contributed by atoms with Crippen LogP contribution in [-0.2, 0) is 14.0 Å². The van der Waals surface area contributed by atoms with Crippen LogP contribution in [0.3, 0.4) is 0 Å². The Morgan fingerprint density at radius 3 is 2.72 bits per heavy atom. The molecule has 0 N–H and O–H groups in total. The topological polar surface area (TPSA) is 35.5 Å². The minimum atomic E-state index is -1.46. The molecule has 0 aromatic heterocycles. The summed E-state index contributed by atoms with van der Waals surface area (Å²) in [7, 11) is -0.0565. The number of esters is 1. The van der Waals surface area contributed by atoms with E-state index in [0.29, 0.717) is 5.92 Å². The molecule has 0 aliphatic heterocycles. The first-order chi connectivity index (χ1) is 8.40. The fraction of sp³-hybridized carbons (Fsp3) is 0.643. The smallest absolute Gasteiger partial charge is 0.330 e. The van der Waals surface area contributed by atoms with Crippen molar-refractivity contribution in [2.45, 2.75) is 45.3 Å². The summed E-state index contributed by atoms with van der Waals surface area (Å²) in [6.07, 6.45) is 9.80. The van der Waals surface area contributed by atoms with Crippen molar-refractivity contribution in [3.05, 3.63) is 24.0 Å². The first-order valence-corrected chi connectivity index (χ1v) is 9.94. The minimum absolute atomic E-state index is 0.274. The maximum Gasteiger partial charge on any atom is 0.330 e. The van der Waals surface area contributed by atoms with Gasteiger partial charge in [0.05, 0.1) is 12.9 Å². The zero-order valence-electron chi connectivity index (χ0n) is 11.9. The van der Waals surface area contributed by atoms with Gasteiger partial charge in [-0.25, -0.2) is 4.79 Å². The molecule has 0 bridgehead atoms. The average molecular weight is 268 g/mol. The van der Waals surface area contributed by atoms with Crippen LogP contribution >= 0.6 is 0 Å². The summed E-state index contributed by atoms with van der Waals surface area (Å²) in [5.41, 5.74) is 0. The molecule has 0 aromatic rings. The van der Waals surface area contributed by atoms with Gasteiger partial charge in [0.2, 0.25) is 8.32 Å². The number of carbonyl (C=O) groups is 1. The van der Waals surface area contributed by atoms with Crippen molar-refractivity contribution in [3.8, 4) is 0 Å². The molecule has 0 radical (unpaired) electrons. The number of allylic oxidation sites excluding steroid dienone is 3. The molecule has 3 nitrogen and oxygen atoms in total. The number of hydrogen-bond acceptors (Lipinski definition) is 3. The fourth-order valence-corrected chi connectivity index (χ4v) is 2.96. The number of rotatable bonds is 5. The van der Waals surface area contributed by atoms with Crippen LogP contribution in [0, 0.1) is 5.92 Å². The van der Waals surface area contributed by atoms with E-state index < -0.39 is 8.32 Å². The van der Waals surface area contributed by atoms with Crippen LogP contribution in [0.5, 0.6) is 0 Å². The highest BCUT2D eigenvalue weighted by Gasteiger charge is 2.20. The van der Waals surface area contributed by atoms with Crippen LogP contribution in [0.1, 0.15) is 25.7 Å². The third-order valence-corrected chi connectivity index (χ3v) is 3.71. The van der Waals surface area contributed by atoms with Gasteiger partial charge in [0.1, 0.15) is 0 Å². The van der Waals surface area contributed by atoms with Crippen molar-refractivity contribution in [2.75, 3.05) is 7.11 Å². The molecule has 1 atom stereocenters. The van der Waals surface area contributed by atoms with E-state index in [0.717, 1.165) is 25.7 Å². The monoisotopic (exact) mass is 268 g/mol. The predicted molar refractivity (Wildman–Crippen MR) is 75.6 cm³/mol. The van der Waals surface area contributed by atoms with Gasteiger partial charge in [0, 0.05) is 12.5 Å². The van der Waals surface area contributed by atoms with E-state index in [1.165, 1.54) is 18.9 Å². The first-order valence-electron chi connectivity index (χ1n) is 6.53. The Hall–Kier alpha value is -1.03. The number of carbonyl (C=O) groups excluding carboxylic acids is 1. The van der Waals surface area contributed by atoms with Gasteiger partial charge in [-0.1, -0.05) is 6.08 Å². The van der Waals surface area contributed by atoms with Gasteiger partial charge in [-0.2, -0.15) is 0 Å². The predicted octanol–water partition coefficient (Wildman–Crippen LogP) is 3.64. The van der Waals surface area contributed by atoms with Crippen molar-refractivity contribution in [1.82, 2.24) is 0 Å². The van der Waals surface area contributed by atoms with Crippen molar-refractivity contribution in [2.24, 2.45) is 5.92 Å². The van der Waals surface area contributed by atoms with Crippen molar-refractivity contribution < 1.29 is 14.0 Å². The van der Waals surface area contributed by atoms with Gasteiger partial charge in [0.15, 0.2) is 0 Å². The molecule has 0 spiro atoms. The zero-order valence-corrected chi connectivity index (χ0v) is 12.9. The summed E-state index contributed by atoms with van der Waals surface area (Å²) in [6.45, 7) is 6.62. The molecule has 1 aliphatic carbocycles. The highest BCUT2D eigenvalue weighted by molar-refractivity contribution is 6.70. The molecule has 0 fully saturated rings. The van der Waals surface area contributed by atoms with Crippen molar-refractivity contribution >= 4 is 14.3 Å². The Kier molecular flexibility index (Phi) is 5.66. The Labute approximate surface area is 111 Å². The molecule has 102 valence electrons. The number of methoxy groups -OCH3 is 1. The SMILES string of the molecule is COC(=O)/C=C/CC1CC=C(O[Si](C)(C)C)CC1. The van der Waals surface area contributed by atoms with Crippen LogP contribution in [-0.4, -0.2) is 21.4 Å². The van der Waals surface area contributed by atoms with Gasteiger partial charge in [0.25, 0.3) is 0 Å². The summed E-state index contributed by atoms with van der Waals surface area (Å²) in [5.74, 6) is 1.52. The Morgan fingerprint density at radius 1 is 1.50 bits per heavy atom. The Bertz CT molecular complexity index is 339. The van der Waals surface area contributed by atoms with Gasteiger partial charge in [-0.15, -0.1) is 0 Å². The molecule has 1 unspecified atom stereocenters. The Balaban J connectivity index is 2.34. The number of hydrogen-bond donors (Lipinski definition) is 0. The van der Waals surface area contributed by atoms with Gasteiger partial charge < -0.3 is 9.16 Å². The van der Waals surface area contributed by atoms with Crippen LogP contribution < -0.4 is 0 Å². The maximum absolute atomic E-state index is 10.9. The molecule has 0 saturated carbocycles. The van der Waals surface area contributed by atoms with Gasteiger partial charge in [-0.05, 0) is 50.9 Å². The second-order valence-electron chi connectivity index (χ2n) is 5.69. The molecule has 1 aliphatic rings. The molecule has 0 aromatic carbocycles. The Morgan fingerprint density at radius 2 is 2.22 bits per heavy atom. The van der Waals surface area contributed by atoms with Crippen LogP contribution in [0.2, 0.25) is 19.6 Å². The van der Waals surface area contributed by atoms with E-state index in [-0.39, 0.29) is 5.97 Å². The quantitative estimate of drug-likeness (QED) is 0.434. The molecule has 0 saturated heterocycles. The minimum Gasteiger partial charge on any atom is -0.548 e. The molecule has 0 amide bonds. The third-order valence-electron chi connectivity index (χ3n) is 2.84. The highest BCUT2D eigenvalue weighted by Crippen LogP contribution is 2.28. The lowest BCUT2D eigenvalue weighted by Crippen LogP contribution is -2.25. The average Bonchev–Trinajstić information content (AvgIpc) is 2.29. The maximum atomic E-state index is 10.9. The lowest BCUT2D eigenvalue weighted by Gasteiger charge is -2.26. The van der Waals surface area contributed by atoms with Crippen molar-refractivity contribution in [3.63, 3.8) is 0 Å². The highest BCUT2D eigenvalue weighted by atomic mass is 28.4. The second kappa shape index (κ2) is 6.78.